The zero-order chi connectivity index (χ0) is 19.0. The van der Waals surface area contributed by atoms with E-state index in [1.807, 2.05) is 0 Å². The summed E-state index contributed by atoms with van der Waals surface area (Å²) in [5.41, 5.74) is 0. The fraction of sp³-hybridized carbons (Fsp3) is 0.957. The molecule has 0 saturated carbocycles. The van der Waals surface area contributed by atoms with Gasteiger partial charge in [0, 0.05) is 6.42 Å². The van der Waals surface area contributed by atoms with Gasteiger partial charge in [-0.15, -0.1) is 0 Å². The molecule has 0 aromatic carbocycles. The molecule has 0 aliphatic carbocycles. The van der Waals surface area contributed by atoms with Crippen molar-refractivity contribution in [1.82, 2.24) is 0 Å². The Kier molecular flexibility index (Phi) is 27.5. The fourth-order valence-electron chi connectivity index (χ4n) is 2.97. The van der Waals surface area contributed by atoms with Crippen LogP contribution in [0.25, 0.3) is 0 Å². The van der Waals surface area contributed by atoms with Gasteiger partial charge in [-0.1, -0.05) is 130 Å². The first-order valence-corrected chi connectivity index (χ1v) is 11.4. The summed E-state index contributed by atoms with van der Waals surface area (Å²) in [6.45, 7) is 6.73. The predicted molar refractivity (Wildman–Crippen MR) is 112 cm³/mol. The molecule has 0 aromatic heterocycles. The summed E-state index contributed by atoms with van der Waals surface area (Å²) < 4.78 is 0. The lowest BCUT2D eigenvalue weighted by atomic mass is 10.0. The van der Waals surface area contributed by atoms with Crippen LogP contribution in [0.3, 0.4) is 0 Å². The Balaban J connectivity index is 0. The maximum absolute atomic E-state index is 10.3. The van der Waals surface area contributed by atoms with Crippen molar-refractivity contribution in [3.05, 3.63) is 0 Å². The second-order valence-corrected chi connectivity index (χ2v) is 7.45. The van der Waals surface area contributed by atoms with Crippen LogP contribution in [0.15, 0.2) is 0 Å². The largest absolute Gasteiger partial charge is 0.481 e. The first-order valence-electron chi connectivity index (χ1n) is 11.4. The molecule has 0 heterocycles. The minimum absolute atomic E-state index is 0.345. The molecule has 0 radical (unpaired) electrons. The van der Waals surface area contributed by atoms with Crippen molar-refractivity contribution < 1.29 is 9.90 Å². The zero-order valence-electron chi connectivity index (χ0n) is 17.8. The lowest BCUT2D eigenvalue weighted by Gasteiger charge is -2.02. The van der Waals surface area contributed by atoms with Crippen molar-refractivity contribution in [3.8, 4) is 0 Å². The maximum atomic E-state index is 10.3. The fourth-order valence-corrected chi connectivity index (χ4v) is 2.97. The van der Waals surface area contributed by atoms with E-state index in [1.165, 1.54) is 103 Å². The molecule has 0 amide bonds. The van der Waals surface area contributed by atoms with Gasteiger partial charge in [0.25, 0.3) is 0 Å². The van der Waals surface area contributed by atoms with Gasteiger partial charge >= 0.3 is 5.97 Å². The number of carboxylic acid groups (broad SMARTS) is 1. The van der Waals surface area contributed by atoms with Crippen LogP contribution in [-0.4, -0.2) is 11.1 Å². The first-order chi connectivity index (χ1) is 12.2. The van der Waals surface area contributed by atoms with Crippen LogP contribution in [-0.2, 0) is 4.79 Å². The Morgan fingerprint density at radius 2 is 0.720 bits per heavy atom. The standard InChI is InChI=1S/C17H34O2.C6H14/c1-2-3-4-5-6-7-8-9-10-11-12-13-14-15-16-17(18)19;1-3-5-6-4-2/h2-16H2,1H3,(H,18,19);3-6H2,1-2H3. The SMILES string of the molecule is CCCCCC.CCCCCCCCCCCCCCCCC(=O)O. The van der Waals surface area contributed by atoms with Crippen molar-refractivity contribution in [2.75, 3.05) is 0 Å². The molecule has 0 aliphatic heterocycles. The molecule has 0 aromatic rings. The molecule has 0 aliphatic rings. The monoisotopic (exact) mass is 356 g/mol. The van der Waals surface area contributed by atoms with Gasteiger partial charge in [0.15, 0.2) is 0 Å². The number of hydrogen-bond donors (Lipinski definition) is 1. The molecule has 0 bridgehead atoms. The second-order valence-electron chi connectivity index (χ2n) is 7.45. The van der Waals surface area contributed by atoms with Crippen molar-refractivity contribution in [3.63, 3.8) is 0 Å². The molecule has 0 unspecified atom stereocenters. The lowest BCUT2D eigenvalue weighted by molar-refractivity contribution is -0.137. The normalized spacial score (nSPS) is 10.4. The van der Waals surface area contributed by atoms with Gasteiger partial charge < -0.3 is 5.11 Å². The maximum Gasteiger partial charge on any atom is 0.303 e. The zero-order valence-corrected chi connectivity index (χ0v) is 17.8. The van der Waals surface area contributed by atoms with Gasteiger partial charge in [-0.05, 0) is 6.42 Å². The van der Waals surface area contributed by atoms with Crippen molar-refractivity contribution >= 4 is 5.97 Å². The lowest BCUT2D eigenvalue weighted by Crippen LogP contribution is -1.93. The summed E-state index contributed by atoms with van der Waals surface area (Å²) in [4.78, 5) is 10.3. The van der Waals surface area contributed by atoms with E-state index in [0.717, 1.165) is 12.8 Å². The van der Waals surface area contributed by atoms with Crippen LogP contribution in [0.4, 0.5) is 0 Å². The third-order valence-electron chi connectivity index (χ3n) is 4.70. The van der Waals surface area contributed by atoms with Crippen LogP contribution in [0.1, 0.15) is 143 Å². The quantitative estimate of drug-likeness (QED) is 0.250. The second kappa shape index (κ2) is 25.7. The molecular formula is C23H48O2. The molecule has 0 saturated heterocycles. The Labute approximate surface area is 159 Å². The highest BCUT2D eigenvalue weighted by Gasteiger charge is 1.96. The summed E-state index contributed by atoms with van der Waals surface area (Å²) in [5, 5.41) is 8.50. The predicted octanol–water partition coefficient (Wildman–Crippen LogP) is 8.53. The molecule has 2 nitrogen and oxygen atoms in total. The van der Waals surface area contributed by atoms with Gasteiger partial charge in [0.05, 0.1) is 0 Å². The smallest absolute Gasteiger partial charge is 0.303 e. The van der Waals surface area contributed by atoms with Crippen LogP contribution in [0.2, 0.25) is 0 Å². The van der Waals surface area contributed by atoms with Crippen LogP contribution in [0.5, 0.6) is 0 Å². The summed E-state index contributed by atoms with van der Waals surface area (Å²) in [7, 11) is 0. The van der Waals surface area contributed by atoms with Gasteiger partial charge in [-0.25, -0.2) is 0 Å². The van der Waals surface area contributed by atoms with E-state index in [9.17, 15) is 4.79 Å². The Bertz CT molecular complexity index is 234. The molecule has 0 atom stereocenters. The number of hydrogen-bond acceptors (Lipinski definition) is 1. The minimum Gasteiger partial charge on any atom is -0.481 e. The molecular weight excluding hydrogens is 308 g/mol. The van der Waals surface area contributed by atoms with E-state index < -0.39 is 5.97 Å². The number of carbonyl (C=O) groups is 1. The van der Waals surface area contributed by atoms with E-state index in [0.29, 0.717) is 6.42 Å². The average Bonchev–Trinajstić information content (AvgIpc) is 2.60. The first kappa shape index (κ1) is 26.7. The van der Waals surface area contributed by atoms with Crippen molar-refractivity contribution in [2.45, 2.75) is 143 Å². The Morgan fingerprint density at radius 1 is 0.480 bits per heavy atom. The van der Waals surface area contributed by atoms with E-state index in [4.69, 9.17) is 5.11 Å². The van der Waals surface area contributed by atoms with Crippen LogP contribution < -0.4 is 0 Å². The number of rotatable bonds is 18. The van der Waals surface area contributed by atoms with Crippen molar-refractivity contribution in [2.24, 2.45) is 0 Å². The Morgan fingerprint density at radius 3 is 1.00 bits per heavy atom. The molecule has 0 fully saturated rings. The van der Waals surface area contributed by atoms with Gasteiger partial charge in [-0.3, -0.25) is 4.79 Å². The molecule has 0 spiro atoms. The number of aliphatic carboxylic acids is 1. The van der Waals surface area contributed by atoms with Crippen LogP contribution in [0, 0.1) is 0 Å². The molecule has 25 heavy (non-hydrogen) atoms. The topological polar surface area (TPSA) is 37.3 Å². The third-order valence-corrected chi connectivity index (χ3v) is 4.70. The molecule has 0 rings (SSSR count). The third kappa shape index (κ3) is 31.7. The summed E-state index contributed by atoms with van der Waals surface area (Å²) in [6.07, 6.45) is 24.3. The summed E-state index contributed by atoms with van der Waals surface area (Å²) in [6, 6.07) is 0. The summed E-state index contributed by atoms with van der Waals surface area (Å²) >= 11 is 0. The molecule has 152 valence electrons. The Hall–Kier alpha value is -0.530. The van der Waals surface area contributed by atoms with E-state index >= 15 is 0 Å². The minimum atomic E-state index is -0.654. The van der Waals surface area contributed by atoms with Gasteiger partial charge in [0.2, 0.25) is 0 Å². The van der Waals surface area contributed by atoms with Crippen molar-refractivity contribution in [1.29, 1.82) is 0 Å². The highest BCUT2D eigenvalue weighted by Crippen LogP contribution is 2.13. The number of unbranched alkanes of at least 4 members (excludes halogenated alkanes) is 16. The van der Waals surface area contributed by atoms with Crippen LogP contribution >= 0.6 is 0 Å². The van der Waals surface area contributed by atoms with Gasteiger partial charge in [-0.2, -0.15) is 0 Å². The van der Waals surface area contributed by atoms with E-state index in [1.54, 1.807) is 0 Å². The highest BCUT2D eigenvalue weighted by molar-refractivity contribution is 5.66. The van der Waals surface area contributed by atoms with Gasteiger partial charge in [0.1, 0.15) is 0 Å². The average molecular weight is 357 g/mol. The highest BCUT2D eigenvalue weighted by atomic mass is 16.4. The van der Waals surface area contributed by atoms with E-state index in [-0.39, 0.29) is 0 Å². The molecule has 2 heteroatoms. The summed E-state index contributed by atoms with van der Waals surface area (Å²) in [5.74, 6) is -0.654. The molecule has 1 N–H and O–H groups in total. The van der Waals surface area contributed by atoms with E-state index in [2.05, 4.69) is 20.8 Å². The number of carboxylic acids is 1.